The van der Waals surface area contributed by atoms with Gasteiger partial charge in [-0.1, -0.05) is 47.3 Å². The van der Waals surface area contributed by atoms with Crippen LogP contribution in [0.2, 0.25) is 15.2 Å². The third-order valence-electron chi connectivity index (χ3n) is 3.79. The summed E-state index contributed by atoms with van der Waals surface area (Å²) < 4.78 is 0. The third kappa shape index (κ3) is 3.50. The SMILES string of the molecule is Clc1ccc(Cc2nc(Cl)c3c(n2)CCCCC3)c(Cl)c1. The van der Waals surface area contributed by atoms with Gasteiger partial charge in [-0.15, -0.1) is 0 Å². The van der Waals surface area contributed by atoms with Gasteiger partial charge in [-0.05, 0) is 43.4 Å². The first-order chi connectivity index (χ1) is 10.1. The molecule has 0 amide bonds. The van der Waals surface area contributed by atoms with Crippen molar-refractivity contribution < 1.29 is 0 Å². The number of aryl methyl sites for hydroxylation is 1. The molecule has 5 heteroatoms. The van der Waals surface area contributed by atoms with Gasteiger partial charge >= 0.3 is 0 Å². The van der Waals surface area contributed by atoms with Crippen LogP contribution in [0.3, 0.4) is 0 Å². The number of hydrogen-bond acceptors (Lipinski definition) is 2. The van der Waals surface area contributed by atoms with E-state index < -0.39 is 0 Å². The van der Waals surface area contributed by atoms with E-state index in [4.69, 9.17) is 39.8 Å². The molecule has 0 spiro atoms. The molecule has 2 aromatic rings. The van der Waals surface area contributed by atoms with E-state index >= 15 is 0 Å². The van der Waals surface area contributed by atoms with Gasteiger partial charge in [0.15, 0.2) is 0 Å². The smallest absolute Gasteiger partial charge is 0.136 e. The van der Waals surface area contributed by atoms with E-state index in [1.54, 1.807) is 6.07 Å². The van der Waals surface area contributed by atoms with Gasteiger partial charge in [0.05, 0.1) is 0 Å². The van der Waals surface area contributed by atoms with Crippen LogP contribution in [0.25, 0.3) is 0 Å². The fraction of sp³-hybridized carbons (Fsp3) is 0.375. The minimum absolute atomic E-state index is 0.572. The summed E-state index contributed by atoms with van der Waals surface area (Å²) in [5.74, 6) is 0.727. The van der Waals surface area contributed by atoms with E-state index in [1.807, 2.05) is 12.1 Å². The van der Waals surface area contributed by atoms with Crippen molar-refractivity contribution in [3.63, 3.8) is 0 Å². The van der Waals surface area contributed by atoms with Gasteiger partial charge < -0.3 is 0 Å². The van der Waals surface area contributed by atoms with Crippen LogP contribution in [0.4, 0.5) is 0 Å². The van der Waals surface area contributed by atoms with Crippen molar-refractivity contribution in [2.45, 2.75) is 38.5 Å². The second kappa shape index (κ2) is 6.51. The monoisotopic (exact) mass is 340 g/mol. The van der Waals surface area contributed by atoms with E-state index in [1.165, 1.54) is 19.3 Å². The molecule has 110 valence electrons. The van der Waals surface area contributed by atoms with Crippen molar-refractivity contribution in [1.82, 2.24) is 9.97 Å². The molecule has 1 aliphatic carbocycles. The molecular formula is C16H15Cl3N2. The van der Waals surface area contributed by atoms with Crippen molar-refractivity contribution in [3.05, 3.63) is 56.0 Å². The number of rotatable bonds is 2. The van der Waals surface area contributed by atoms with E-state index in [9.17, 15) is 0 Å². The second-order valence-corrected chi connectivity index (χ2v) is 6.53. The van der Waals surface area contributed by atoms with Crippen molar-refractivity contribution in [1.29, 1.82) is 0 Å². The molecule has 0 atom stereocenters. The molecule has 2 nitrogen and oxygen atoms in total. The summed E-state index contributed by atoms with van der Waals surface area (Å²) in [6, 6.07) is 5.48. The van der Waals surface area contributed by atoms with Crippen LogP contribution in [0.5, 0.6) is 0 Å². The standard InChI is InChI=1S/C16H15Cl3N2/c17-11-7-6-10(13(18)9-11)8-15-20-14-5-3-1-2-4-12(14)16(19)21-15/h6-7,9H,1-5,8H2. The average Bonchev–Trinajstić information content (AvgIpc) is 2.68. The van der Waals surface area contributed by atoms with Crippen LogP contribution >= 0.6 is 34.8 Å². The zero-order valence-corrected chi connectivity index (χ0v) is 13.8. The predicted octanol–water partition coefficient (Wildman–Crippen LogP) is 5.30. The summed E-state index contributed by atoms with van der Waals surface area (Å²) in [6.07, 6.45) is 6.10. The summed E-state index contributed by atoms with van der Waals surface area (Å²) in [6.45, 7) is 0. The van der Waals surface area contributed by atoms with Crippen LogP contribution in [-0.4, -0.2) is 9.97 Å². The first-order valence-electron chi connectivity index (χ1n) is 7.11. The average molecular weight is 342 g/mol. The molecular weight excluding hydrogens is 327 g/mol. The van der Waals surface area contributed by atoms with Gasteiger partial charge in [-0.25, -0.2) is 9.97 Å². The van der Waals surface area contributed by atoms with E-state index in [0.29, 0.717) is 21.6 Å². The zero-order valence-electron chi connectivity index (χ0n) is 11.5. The molecule has 0 bridgehead atoms. The number of fused-ring (bicyclic) bond motifs is 1. The summed E-state index contributed by atoms with van der Waals surface area (Å²) in [5.41, 5.74) is 3.19. The lowest BCUT2D eigenvalue weighted by molar-refractivity contribution is 0.708. The maximum Gasteiger partial charge on any atom is 0.136 e. The quantitative estimate of drug-likeness (QED) is 0.547. The summed E-state index contributed by atoms with van der Waals surface area (Å²) in [7, 11) is 0. The molecule has 0 fully saturated rings. The molecule has 0 saturated heterocycles. The Morgan fingerprint density at radius 2 is 1.76 bits per heavy atom. The molecule has 0 aliphatic heterocycles. The molecule has 1 aromatic carbocycles. The second-order valence-electron chi connectivity index (χ2n) is 5.33. The van der Waals surface area contributed by atoms with Crippen molar-refractivity contribution >= 4 is 34.8 Å². The molecule has 1 aliphatic rings. The molecule has 1 heterocycles. The predicted molar refractivity (Wildman–Crippen MR) is 87.6 cm³/mol. The summed E-state index contributed by atoms with van der Waals surface area (Å²) in [4.78, 5) is 9.16. The fourth-order valence-electron chi connectivity index (χ4n) is 2.69. The van der Waals surface area contributed by atoms with Crippen molar-refractivity contribution in [2.24, 2.45) is 0 Å². The third-order valence-corrected chi connectivity index (χ3v) is 4.69. The Morgan fingerprint density at radius 1 is 0.952 bits per heavy atom. The van der Waals surface area contributed by atoms with E-state index in [-0.39, 0.29) is 0 Å². The number of halogens is 3. The lowest BCUT2D eigenvalue weighted by Gasteiger charge is -2.10. The first kappa shape index (κ1) is 15.1. The highest BCUT2D eigenvalue weighted by Crippen LogP contribution is 2.27. The highest BCUT2D eigenvalue weighted by Gasteiger charge is 2.16. The molecule has 21 heavy (non-hydrogen) atoms. The summed E-state index contributed by atoms with van der Waals surface area (Å²) >= 11 is 18.5. The highest BCUT2D eigenvalue weighted by atomic mass is 35.5. The maximum absolute atomic E-state index is 6.35. The number of aromatic nitrogens is 2. The minimum atomic E-state index is 0.572. The zero-order chi connectivity index (χ0) is 14.8. The van der Waals surface area contributed by atoms with Gasteiger partial charge in [-0.2, -0.15) is 0 Å². The Kier molecular flexibility index (Phi) is 4.68. The minimum Gasteiger partial charge on any atom is -0.237 e. The van der Waals surface area contributed by atoms with Crippen LogP contribution in [0.1, 0.15) is 41.9 Å². The largest absolute Gasteiger partial charge is 0.237 e. The van der Waals surface area contributed by atoms with Gasteiger partial charge in [-0.3, -0.25) is 0 Å². The lowest BCUT2D eigenvalue weighted by Crippen LogP contribution is -2.05. The van der Waals surface area contributed by atoms with Crippen molar-refractivity contribution in [3.8, 4) is 0 Å². The topological polar surface area (TPSA) is 25.8 Å². The molecule has 0 N–H and O–H groups in total. The first-order valence-corrected chi connectivity index (χ1v) is 8.25. The molecule has 0 unspecified atom stereocenters. The summed E-state index contributed by atoms with van der Waals surface area (Å²) in [5, 5.41) is 1.86. The number of hydrogen-bond donors (Lipinski definition) is 0. The van der Waals surface area contributed by atoms with E-state index in [2.05, 4.69) is 4.98 Å². The number of nitrogens with zero attached hydrogens (tertiary/aromatic N) is 2. The maximum atomic E-state index is 6.35. The van der Waals surface area contributed by atoms with Crippen molar-refractivity contribution in [2.75, 3.05) is 0 Å². The van der Waals surface area contributed by atoms with Gasteiger partial charge in [0, 0.05) is 27.7 Å². The Bertz CT molecular complexity index is 671. The van der Waals surface area contributed by atoms with E-state index in [0.717, 1.165) is 35.5 Å². The highest BCUT2D eigenvalue weighted by molar-refractivity contribution is 6.35. The molecule has 3 rings (SSSR count). The Balaban J connectivity index is 1.92. The van der Waals surface area contributed by atoms with Gasteiger partial charge in [0.25, 0.3) is 0 Å². The van der Waals surface area contributed by atoms with Crippen LogP contribution < -0.4 is 0 Å². The van der Waals surface area contributed by atoms with Crippen LogP contribution in [0.15, 0.2) is 18.2 Å². The Hall–Kier alpha value is -0.830. The lowest BCUT2D eigenvalue weighted by atomic mass is 10.1. The van der Waals surface area contributed by atoms with Gasteiger partial charge in [0.1, 0.15) is 11.0 Å². The Labute approximate surface area is 139 Å². The van der Waals surface area contributed by atoms with Crippen LogP contribution in [-0.2, 0) is 19.3 Å². The normalized spacial score (nSPS) is 14.6. The van der Waals surface area contributed by atoms with Crippen LogP contribution in [0, 0.1) is 0 Å². The van der Waals surface area contributed by atoms with Gasteiger partial charge in [0.2, 0.25) is 0 Å². The molecule has 1 aromatic heterocycles. The molecule has 0 radical (unpaired) electrons. The number of benzene rings is 1. The fourth-order valence-corrected chi connectivity index (χ4v) is 3.46. The molecule has 0 saturated carbocycles. The Morgan fingerprint density at radius 3 is 2.57 bits per heavy atom.